The normalized spacial score (nSPS) is 12.1. The van der Waals surface area contributed by atoms with Crippen molar-refractivity contribution >= 4 is 124 Å². The Hall–Kier alpha value is -13.2. The highest BCUT2D eigenvalue weighted by Gasteiger charge is 2.45. The molecule has 0 spiro atoms. The zero-order valence-corrected chi connectivity index (χ0v) is 55.4. The molecule has 17 aromatic rings. The molecule has 4 nitrogen and oxygen atoms in total. The van der Waals surface area contributed by atoms with Crippen LogP contribution in [0.25, 0.3) is 88.0 Å². The minimum atomic E-state index is -0.241. The minimum absolute atomic E-state index is 0.241. The van der Waals surface area contributed by atoms with Crippen LogP contribution in [0.3, 0.4) is 0 Å². The standard InChI is InChI=1S/C96H65BN4/c1-8-32-66(33-9-1)76-58-59-85(80-49-23-22-48-79(76)80)95-83-52-26-24-50-81(83)94(82-51-25-27-53-84(82)95)69-56-60-86-90(62-69)100(88-54-30-28-46-77(88)67-34-10-2-11-35-67)92-64-75(99(72-42-18-6-19-43-72)73-44-20-7-21-45-73)65-93-96(92)97(86)87-61-57-74(98(70-38-14-4-15-39-70)71-40-16-5-17-41-71)63-91(87)101(93)89-55-31-29-47-78(89)68-36-12-3-13-37-68/h1-65H. The Kier molecular flexibility index (Phi) is 14.6. The lowest BCUT2D eigenvalue weighted by atomic mass is 9.33. The van der Waals surface area contributed by atoms with E-state index in [9.17, 15) is 0 Å². The van der Waals surface area contributed by atoms with Crippen molar-refractivity contribution in [1.29, 1.82) is 0 Å². The van der Waals surface area contributed by atoms with Gasteiger partial charge in [-0.05, 0) is 184 Å². The van der Waals surface area contributed by atoms with Crippen LogP contribution in [-0.2, 0) is 0 Å². The van der Waals surface area contributed by atoms with E-state index in [0.717, 1.165) is 96.1 Å². The van der Waals surface area contributed by atoms with Gasteiger partial charge in [0.2, 0.25) is 0 Å². The van der Waals surface area contributed by atoms with Gasteiger partial charge in [-0.15, -0.1) is 0 Å². The monoisotopic (exact) mass is 1280 g/mol. The van der Waals surface area contributed by atoms with Gasteiger partial charge in [-0.3, -0.25) is 0 Å². The molecular formula is C96H65BN4. The van der Waals surface area contributed by atoms with Crippen LogP contribution in [0.2, 0.25) is 0 Å². The second-order valence-electron chi connectivity index (χ2n) is 26.2. The highest BCUT2D eigenvalue weighted by atomic mass is 15.2. The molecule has 0 unspecified atom stereocenters. The molecule has 19 rings (SSSR count). The molecule has 0 saturated carbocycles. The summed E-state index contributed by atoms with van der Waals surface area (Å²) in [5.41, 5.74) is 28.2. The van der Waals surface area contributed by atoms with Crippen molar-refractivity contribution < 1.29 is 0 Å². The molecular weight excluding hydrogens is 1220 g/mol. The molecule has 5 heteroatoms. The first-order valence-corrected chi connectivity index (χ1v) is 34.9. The quantitative estimate of drug-likeness (QED) is 0.0842. The smallest absolute Gasteiger partial charge is 0.252 e. The summed E-state index contributed by atoms with van der Waals surface area (Å²) < 4.78 is 0. The first-order chi connectivity index (χ1) is 50.2. The molecule has 0 radical (unpaired) electrons. The summed E-state index contributed by atoms with van der Waals surface area (Å²) in [6.07, 6.45) is 0. The zero-order chi connectivity index (χ0) is 66.7. The van der Waals surface area contributed by atoms with E-state index in [2.05, 4.69) is 414 Å². The number of hydrogen-bond donors (Lipinski definition) is 0. The van der Waals surface area contributed by atoms with Gasteiger partial charge in [0.1, 0.15) is 0 Å². The van der Waals surface area contributed by atoms with Crippen LogP contribution in [0, 0.1) is 0 Å². The maximum Gasteiger partial charge on any atom is 0.252 e. The number of benzene rings is 17. The second-order valence-corrected chi connectivity index (χ2v) is 26.2. The van der Waals surface area contributed by atoms with Gasteiger partial charge in [0.25, 0.3) is 6.71 Å². The number of hydrogen-bond acceptors (Lipinski definition) is 4. The molecule has 0 N–H and O–H groups in total. The van der Waals surface area contributed by atoms with E-state index in [1.165, 1.54) is 76.5 Å². The van der Waals surface area contributed by atoms with Crippen LogP contribution in [0.5, 0.6) is 0 Å². The predicted octanol–water partition coefficient (Wildman–Crippen LogP) is 24.5. The average Bonchev–Trinajstić information content (AvgIpc) is 0.691. The summed E-state index contributed by atoms with van der Waals surface area (Å²) in [6.45, 7) is -0.241. The van der Waals surface area contributed by atoms with Gasteiger partial charge < -0.3 is 19.6 Å². The van der Waals surface area contributed by atoms with Crippen LogP contribution in [0.1, 0.15) is 0 Å². The molecule has 2 aliphatic rings. The van der Waals surface area contributed by atoms with Gasteiger partial charge in [0.15, 0.2) is 0 Å². The Balaban J connectivity index is 0.929. The van der Waals surface area contributed by atoms with E-state index < -0.39 is 0 Å². The Morgan fingerprint density at radius 1 is 0.188 bits per heavy atom. The Bertz CT molecular complexity index is 5840. The summed E-state index contributed by atoms with van der Waals surface area (Å²) in [4.78, 5) is 10.1. The Morgan fingerprint density at radius 2 is 0.515 bits per heavy atom. The number of anilines is 12. The number of rotatable bonds is 13. The fourth-order valence-corrected chi connectivity index (χ4v) is 16.3. The lowest BCUT2D eigenvalue weighted by molar-refractivity contribution is 1.22. The molecule has 2 aliphatic heterocycles. The topological polar surface area (TPSA) is 13.0 Å². The van der Waals surface area contributed by atoms with Crippen molar-refractivity contribution in [2.75, 3.05) is 19.6 Å². The molecule has 2 heterocycles. The average molecular weight is 1290 g/mol. The van der Waals surface area contributed by atoms with E-state index in [1.807, 2.05) is 0 Å². The maximum atomic E-state index is 2.63. The largest absolute Gasteiger partial charge is 0.311 e. The molecule has 0 aliphatic carbocycles. The second kappa shape index (κ2) is 25.0. The fourth-order valence-electron chi connectivity index (χ4n) is 16.3. The highest BCUT2D eigenvalue weighted by molar-refractivity contribution is 7.00. The molecule has 0 saturated heterocycles. The van der Waals surface area contributed by atoms with Crippen LogP contribution in [0.15, 0.2) is 394 Å². The number of fused-ring (bicyclic) bond motifs is 7. The van der Waals surface area contributed by atoms with Crippen molar-refractivity contribution in [2.45, 2.75) is 0 Å². The molecule has 0 fully saturated rings. The summed E-state index contributed by atoms with van der Waals surface area (Å²) in [7, 11) is 0. The van der Waals surface area contributed by atoms with E-state index in [0.29, 0.717) is 0 Å². The molecule has 0 aromatic heterocycles. The van der Waals surface area contributed by atoms with Gasteiger partial charge in [-0.25, -0.2) is 0 Å². The maximum absolute atomic E-state index is 2.63. The van der Waals surface area contributed by atoms with Gasteiger partial charge >= 0.3 is 0 Å². The van der Waals surface area contributed by atoms with Crippen LogP contribution in [-0.4, -0.2) is 6.71 Å². The highest BCUT2D eigenvalue weighted by Crippen LogP contribution is 2.54. The third-order valence-electron chi connectivity index (χ3n) is 20.6. The third kappa shape index (κ3) is 10.1. The Labute approximate surface area is 589 Å². The number of para-hydroxylation sites is 6. The summed E-state index contributed by atoms with van der Waals surface area (Å²) in [5, 5.41) is 7.26. The van der Waals surface area contributed by atoms with Gasteiger partial charge in [-0.2, -0.15) is 0 Å². The van der Waals surface area contributed by atoms with Crippen molar-refractivity contribution in [2.24, 2.45) is 0 Å². The molecule has 0 atom stereocenters. The molecule has 0 amide bonds. The van der Waals surface area contributed by atoms with Gasteiger partial charge in [0, 0.05) is 62.3 Å². The van der Waals surface area contributed by atoms with Gasteiger partial charge in [0.05, 0.1) is 17.1 Å². The summed E-state index contributed by atoms with van der Waals surface area (Å²) >= 11 is 0. The molecule has 472 valence electrons. The van der Waals surface area contributed by atoms with Crippen molar-refractivity contribution in [3.8, 4) is 55.6 Å². The lowest BCUT2D eigenvalue weighted by Crippen LogP contribution is -2.61. The predicted molar refractivity (Wildman–Crippen MR) is 430 cm³/mol. The van der Waals surface area contributed by atoms with Crippen molar-refractivity contribution in [3.05, 3.63) is 394 Å². The van der Waals surface area contributed by atoms with E-state index in [4.69, 9.17) is 0 Å². The summed E-state index contributed by atoms with van der Waals surface area (Å²) in [6, 6.07) is 146. The van der Waals surface area contributed by atoms with Crippen LogP contribution in [0.4, 0.5) is 68.2 Å². The van der Waals surface area contributed by atoms with E-state index >= 15 is 0 Å². The Morgan fingerprint density at radius 3 is 0.970 bits per heavy atom. The van der Waals surface area contributed by atoms with Crippen molar-refractivity contribution in [3.63, 3.8) is 0 Å². The zero-order valence-electron chi connectivity index (χ0n) is 55.4. The first kappa shape index (κ1) is 59.1. The van der Waals surface area contributed by atoms with Crippen LogP contribution >= 0.6 is 0 Å². The number of nitrogens with zero attached hydrogens (tertiary/aromatic N) is 4. The third-order valence-corrected chi connectivity index (χ3v) is 20.6. The minimum Gasteiger partial charge on any atom is -0.311 e. The van der Waals surface area contributed by atoms with Gasteiger partial charge in [-0.1, -0.05) is 303 Å². The molecule has 0 bridgehead atoms. The summed E-state index contributed by atoms with van der Waals surface area (Å²) in [5.74, 6) is 0. The van der Waals surface area contributed by atoms with Crippen LogP contribution < -0.4 is 36.0 Å². The van der Waals surface area contributed by atoms with E-state index in [1.54, 1.807) is 0 Å². The van der Waals surface area contributed by atoms with E-state index in [-0.39, 0.29) is 6.71 Å². The first-order valence-electron chi connectivity index (χ1n) is 34.9. The SMILES string of the molecule is c1ccc(-c2ccccc2N2c3cc(-c4c5ccccc5c(-c5ccc(-c6ccccc6)c6ccccc56)c5ccccc45)ccc3B3c4ccc(N(c5ccccc5)c5ccccc5)cc4N(c4ccccc4-c4ccccc4)c4cc(N(c5ccccc5)c5ccccc5)cc2c43)cc1. The van der Waals surface area contributed by atoms with Crippen molar-refractivity contribution in [1.82, 2.24) is 0 Å². The fraction of sp³-hybridized carbons (Fsp3) is 0. The molecule has 101 heavy (non-hydrogen) atoms. The lowest BCUT2D eigenvalue weighted by Gasteiger charge is -2.46. The molecule has 17 aromatic carbocycles.